The number of amides is 1. The van der Waals surface area contributed by atoms with Crippen molar-refractivity contribution in [2.24, 2.45) is 0 Å². The van der Waals surface area contributed by atoms with Gasteiger partial charge in [0.05, 0.1) is 20.8 Å². The van der Waals surface area contributed by atoms with Gasteiger partial charge in [-0.15, -0.1) is 0 Å². The van der Waals surface area contributed by atoms with Crippen LogP contribution in [-0.2, 0) is 17.8 Å². The lowest BCUT2D eigenvalue weighted by atomic mass is 9.98. The van der Waals surface area contributed by atoms with Crippen molar-refractivity contribution in [2.75, 3.05) is 39.3 Å². The first-order valence-corrected chi connectivity index (χ1v) is 8.40. The van der Waals surface area contributed by atoms with Gasteiger partial charge in [0, 0.05) is 25.8 Å². The van der Waals surface area contributed by atoms with Crippen LogP contribution in [0.25, 0.3) is 0 Å². The lowest BCUT2D eigenvalue weighted by Gasteiger charge is -2.31. The van der Waals surface area contributed by atoms with Crippen molar-refractivity contribution in [3.05, 3.63) is 53.6 Å². The van der Waals surface area contributed by atoms with Gasteiger partial charge in [0.2, 0.25) is 5.91 Å². The minimum absolute atomic E-state index is 0.131. The molecule has 132 valence electrons. The number of methoxy groups -OCH3 is 2. The average molecular weight is 340 g/mol. The van der Waals surface area contributed by atoms with Gasteiger partial charge in [0.25, 0.3) is 0 Å². The Labute approximate surface area is 148 Å². The third kappa shape index (κ3) is 3.71. The van der Waals surface area contributed by atoms with E-state index in [1.807, 2.05) is 59.3 Å². The fourth-order valence-corrected chi connectivity index (χ4v) is 3.17. The van der Waals surface area contributed by atoms with Gasteiger partial charge in [0.15, 0.2) is 11.5 Å². The molecule has 3 rings (SSSR count). The van der Waals surface area contributed by atoms with Crippen molar-refractivity contribution in [1.29, 1.82) is 0 Å². The van der Waals surface area contributed by atoms with Crippen LogP contribution in [-0.4, -0.2) is 45.2 Å². The number of hydrogen-bond acceptors (Lipinski definition) is 4. The van der Waals surface area contributed by atoms with Crippen LogP contribution < -0.4 is 14.4 Å². The molecule has 0 radical (unpaired) electrons. The molecule has 0 aromatic heterocycles. The van der Waals surface area contributed by atoms with E-state index in [1.54, 1.807) is 14.2 Å². The molecule has 25 heavy (non-hydrogen) atoms. The number of benzene rings is 2. The summed E-state index contributed by atoms with van der Waals surface area (Å²) in [4.78, 5) is 16.6. The van der Waals surface area contributed by atoms with Gasteiger partial charge >= 0.3 is 0 Å². The normalized spacial score (nSPS) is 13.2. The van der Waals surface area contributed by atoms with Crippen LogP contribution in [0, 0.1) is 0 Å². The fraction of sp³-hybridized carbons (Fsp3) is 0.350. The number of hydrogen-bond donors (Lipinski definition) is 0. The quantitative estimate of drug-likeness (QED) is 0.839. The molecule has 0 saturated heterocycles. The molecule has 1 heterocycles. The zero-order chi connectivity index (χ0) is 17.8. The second-order valence-corrected chi connectivity index (χ2v) is 6.23. The van der Waals surface area contributed by atoms with E-state index in [2.05, 4.69) is 0 Å². The first-order valence-electron chi connectivity index (χ1n) is 8.40. The summed E-state index contributed by atoms with van der Waals surface area (Å²) in [6, 6.07) is 14.0. The predicted octanol–water partition coefficient (Wildman–Crippen LogP) is 2.72. The van der Waals surface area contributed by atoms with Crippen molar-refractivity contribution in [2.45, 2.75) is 13.0 Å². The molecule has 0 bridgehead atoms. The number of rotatable bonds is 5. The minimum Gasteiger partial charge on any atom is -0.493 e. The lowest BCUT2D eigenvalue weighted by molar-refractivity contribution is -0.130. The minimum atomic E-state index is 0.131. The van der Waals surface area contributed by atoms with Crippen LogP contribution in [0.1, 0.15) is 11.1 Å². The maximum absolute atomic E-state index is 12.7. The Hall–Kier alpha value is -2.69. The third-order valence-corrected chi connectivity index (χ3v) is 4.64. The lowest BCUT2D eigenvalue weighted by Crippen LogP contribution is -2.41. The number of nitrogens with zero attached hydrogens (tertiary/aromatic N) is 2. The molecule has 0 saturated carbocycles. The molecule has 1 aliphatic heterocycles. The highest BCUT2D eigenvalue weighted by molar-refractivity contribution is 5.81. The van der Waals surface area contributed by atoms with Gasteiger partial charge < -0.3 is 19.3 Å². The number of ether oxygens (including phenoxy) is 2. The molecule has 0 atom stereocenters. The third-order valence-electron chi connectivity index (χ3n) is 4.64. The molecule has 1 amide bonds. The van der Waals surface area contributed by atoms with Crippen LogP contribution in [0.3, 0.4) is 0 Å². The van der Waals surface area contributed by atoms with E-state index in [0.29, 0.717) is 18.8 Å². The monoisotopic (exact) mass is 340 g/mol. The highest BCUT2D eigenvalue weighted by atomic mass is 16.5. The first kappa shape index (κ1) is 17.1. The van der Waals surface area contributed by atoms with Crippen molar-refractivity contribution >= 4 is 11.6 Å². The SMILES string of the molecule is COc1cc2c(cc1OC)CN(C(=O)CN(C)c1ccccc1)CC2. The van der Waals surface area contributed by atoms with Crippen LogP contribution in [0.4, 0.5) is 5.69 Å². The second kappa shape index (κ2) is 7.47. The van der Waals surface area contributed by atoms with Crippen LogP contribution in [0.2, 0.25) is 0 Å². The highest BCUT2D eigenvalue weighted by Crippen LogP contribution is 2.33. The Bertz CT molecular complexity index is 746. The highest BCUT2D eigenvalue weighted by Gasteiger charge is 2.23. The second-order valence-electron chi connectivity index (χ2n) is 6.23. The van der Waals surface area contributed by atoms with Gasteiger partial charge in [-0.1, -0.05) is 18.2 Å². The molecule has 2 aromatic carbocycles. The number of carbonyl (C=O) groups excluding carboxylic acids is 1. The number of anilines is 1. The standard InChI is InChI=1S/C20H24N2O3/c1-21(17-7-5-4-6-8-17)14-20(23)22-10-9-15-11-18(24-2)19(25-3)12-16(15)13-22/h4-8,11-12H,9-10,13-14H2,1-3H3. The first-order chi connectivity index (χ1) is 12.1. The summed E-state index contributed by atoms with van der Waals surface area (Å²) in [5.74, 6) is 1.58. The Kier molecular flexibility index (Phi) is 5.12. The van der Waals surface area contributed by atoms with Crippen molar-refractivity contribution in [1.82, 2.24) is 4.90 Å². The van der Waals surface area contributed by atoms with E-state index < -0.39 is 0 Å². The zero-order valence-electron chi connectivity index (χ0n) is 15.0. The summed E-state index contributed by atoms with van der Waals surface area (Å²) in [6.07, 6.45) is 0.830. The van der Waals surface area contributed by atoms with Gasteiger partial charge in [-0.25, -0.2) is 0 Å². The summed E-state index contributed by atoms with van der Waals surface area (Å²) in [7, 11) is 5.21. The van der Waals surface area contributed by atoms with Crippen LogP contribution in [0.5, 0.6) is 11.5 Å². The summed E-state index contributed by atoms with van der Waals surface area (Å²) in [5.41, 5.74) is 3.39. The fourth-order valence-electron chi connectivity index (χ4n) is 3.17. The molecule has 0 spiro atoms. The Morgan fingerprint density at radius 3 is 2.36 bits per heavy atom. The molecule has 0 fully saturated rings. The number of fused-ring (bicyclic) bond motifs is 1. The van der Waals surface area contributed by atoms with E-state index in [0.717, 1.165) is 30.0 Å². The number of likely N-dealkylation sites (N-methyl/N-ethyl adjacent to an activating group) is 1. The summed E-state index contributed by atoms with van der Waals surface area (Å²) < 4.78 is 10.7. The Balaban J connectivity index is 1.70. The van der Waals surface area contributed by atoms with E-state index in [9.17, 15) is 4.79 Å². The predicted molar refractivity (Wildman–Crippen MR) is 98.4 cm³/mol. The molecule has 5 heteroatoms. The average Bonchev–Trinajstić information content (AvgIpc) is 2.66. The smallest absolute Gasteiger partial charge is 0.242 e. The maximum atomic E-state index is 12.7. The molecular formula is C20H24N2O3. The van der Waals surface area contributed by atoms with Crippen LogP contribution >= 0.6 is 0 Å². The van der Waals surface area contributed by atoms with Crippen LogP contribution in [0.15, 0.2) is 42.5 Å². The van der Waals surface area contributed by atoms with Crippen molar-refractivity contribution in [3.8, 4) is 11.5 Å². The molecule has 5 nitrogen and oxygen atoms in total. The number of carbonyl (C=O) groups is 1. The zero-order valence-corrected chi connectivity index (χ0v) is 15.0. The van der Waals surface area contributed by atoms with Crippen molar-refractivity contribution in [3.63, 3.8) is 0 Å². The van der Waals surface area contributed by atoms with E-state index in [-0.39, 0.29) is 5.91 Å². The molecule has 0 aliphatic carbocycles. The summed E-state index contributed by atoms with van der Waals surface area (Å²) >= 11 is 0. The van der Waals surface area contributed by atoms with E-state index in [1.165, 1.54) is 5.56 Å². The summed E-state index contributed by atoms with van der Waals surface area (Å²) in [5, 5.41) is 0. The topological polar surface area (TPSA) is 42.0 Å². The molecule has 0 unspecified atom stereocenters. The van der Waals surface area contributed by atoms with Gasteiger partial charge in [0.1, 0.15) is 0 Å². The largest absolute Gasteiger partial charge is 0.493 e. The summed E-state index contributed by atoms with van der Waals surface area (Å²) in [6.45, 7) is 1.70. The molecular weight excluding hydrogens is 316 g/mol. The molecule has 0 N–H and O–H groups in total. The van der Waals surface area contributed by atoms with Gasteiger partial charge in [-0.05, 0) is 41.8 Å². The van der Waals surface area contributed by atoms with E-state index in [4.69, 9.17) is 9.47 Å². The Morgan fingerprint density at radius 1 is 1.08 bits per heavy atom. The molecule has 2 aromatic rings. The number of para-hydroxylation sites is 1. The maximum Gasteiger partial charge on any atom is 0.242 e. The Morgan fingerprint density at radius 2 is 1.72 bits per heavy atom. The van der Waals surface area contributed by atoms with Gasteiger partial charge in [-0.2, -0.15) is 0 Å². The van der Waals surface area contributed by atoms with Gasteiger partial charge in [-0.3, -0.25) is 4.79 Å². The van der Waals surface area contributed by atoms with Crippen molar-refractivity contribution < 1.29 is 14.3 Å². The van der Waals surface area contributed by atoms with E-state index >= 15 is 0 Å². The molecule has 1 aliphatic rings.